The summed E-state index contributed by atoms with van der Waals surface area (Å²) in [4.78, 5) is 27.6. The lowest BCUT2D eigenvalue weighted by Crippen LogP contribution is -2.50. The number of hydrogen-bond acceptors (Lipinski definition) is 4. The molecule has 6 nitrogen and oxygen atoms in total. The molecule has 2 rings (SSSR count). The van der Waals surface area contributed by atoms with Crippen molar-refractivity contribution in [3.05, 3.63) is 35.9 Å². The van der Waals surface area contributed by atoms with Crippen molar-refractivity contribution < 1.29 is 9.59 Å². The van der Waals surface area contributed by atoms with Gasteiger partial charge in [0.25, 0.3) is 0 Å². The average Bonchev–Trinajstić information content (AvgIpc) is 2.54. The van der Waals surface area contributed by atoms with Crippen LogP contribution in [0.15, 0.2) is 30.3 Å². The topological polar surface area (TPSA) is 64.7 Å². The Morgan fingerprint density at radius 2 is 1.86 bits per heavy atom. The Balaban J connectivity index is 1.68. The van der Waals surface area contributed by atoms with E-state index < -0.39 is 0 Å². The zero-order valence-electron chi connectivity index (χ0n) is 13.0. The standard InChI is InChI=1S/C16H24N4O2/c1-19(13-16(22)20-9-7-17-8-10-20)12-15(21)18-11-14-5-3-2-4-6-14/h2-6,17H,7-13H2,1H3,(H,18,21). The van der Waals surface area contributed by atoms with Gasteiger partial charge in [-0.2, -0.15) is 0 Å². The molecule has 1 saturated heterocycles. The van der Waals surface area contributed by atoms with Gasteiger partial charge in [0.1, 0.15) is 0 Å². The van der Waals surface area contributed by atoms with Crippen LogP contribution < -0.4 is 10.6 Å². The van der Waals surface area contributed by atoms with Crippen molar-refractivity contribution in [1.82, 2.24) is 20.4 Å². The Kier molecular flexibility index (Phi) is 6.36. The highest BCUT2D eigenvalue weighted by molar-refractivity contribution is 5.81. The van der Waals surface area contributed by atoms with Gasteiger partial charge < -0.3 is 15.5 Å². The Bertz CT molecular complexity index is 486. The largest absolute Gasteiger partial charge is 0.351 e. The first kappa shape index (κ1) is 16.5. The van der Waals surface area contributed by atoms with E-state index in [0.29, 0.717) is 6.54 Å². The van der Waals surface area contributed by atoms with E-state index >= 15 is 0 Å². The van der Waals surface area contributed by atoms with Crippen LogP contribution in [0.5, 0.6) is 0 Å². The Morgan fingerprint density at radius 3 is 2.55 bits per heavy atom. The first-order valence-electron chi connectivity index (χ1n) is 7.63. The SMILES string of the molecule is CN(CC(=O)NCc1ccccc1)CC(=O)N1CCNCC1. The summed E-state index contributed by atoms with van der Waals surface area (Å²) in [7, 11) is 1.79. The zero-order valence-corrected chi connectivity index (χ0v) is 13.0. The van der Waals surface area contributed by atoms with Gasteiger partial charge in [-0.3, -0.25) is 14.5 Å². The molecule has 1 aliphatic rings. The number of hydrogen-bond donors (Lipinski definition) is 2. The van der Waals surface area contributed by atoms with Crippen LogP contribution in [0, 0.1) is 0 Å². The summed E-state index contributed by atoms with van der Waals surface area (Å²) in [5.74, 6) is 0.0133. The lowest BCUT2D eigenvalue weighted by atomic mass is 10.2. The van der Waals surface area contributed by atoms with Crippen LogP contribution in [0.3, 0.4) is 0 Å². The van der Waals surface area contributed by atoms with E-state index in [1.54, 1.807) is 11.9 Å². The van der Waals surface area contributed by atoms with Gasteiger partial charge in [0, 0.05) is 32.7 Å². The fourth-order valence-corrected chi connectivity index (χ4v) is 2.40. The molecular formula is C16H24N4O2. The Hall–Kier alpha value is -1.92. The highest BCUT2D eigenvalue weighted by atomic mass is 16.2. The van der Waals surface area contributed by atoms with Crippen LogP contribution in [0.4, 0.5) is 0 Å². The first-order chi connectivity index (χ1) is 10.6. The van der Waals surface area contributed by atoms with Gasteiger partial charge in [-0.1, -0.05) is 30.3 Å². The molecule has 0 aromatic heterocycles. The maximum atomic E-state index is 12.1. The molecule has 1 aromatic carbocycles. The lowest BCUT2D eigenvalue weighted by molar-refractivity contribution is -0.133. The smallest absolute Gasteiger partial charge is 0.236 e. The molecule has 2 N–H and O–H groups in total. The van der Waals surface area contributed by atoms with E-state index in [9.17, 15) is 9.59 Å². The van der Waals surface area contributed by atoms with Crippen LogP contribution in [-0.4, -0.2) is 67.9 Å². The summed E-state index contributed by atoms with van der Waals surface area (Å²) in [6.45, 7) is 4.18. The van der Waals surface area contributed by atoms with Crippen LogP contribution >= 0.6 is 0 Å². The van der Waals surface area contributed by atoms with Crippen molar-refractivity contribution in [2.24, 2.45) is 0 Å². The van der Waals surface area contributed by atoms with Gasteiger partial charge in [-0.25, -0.2) is 0 Å². The minimum atomic E-state index is -0.0699. The molecule has 1 aliphatic heterocycles. The van der Waals surface area contributed by atoms with E-state index in [-0.39, 0.29) is 24.9 Å². The van der Waals surface area contributed by atoms with Crippen molar-refractivity contribution >= 4 is 11.8 Å². The predicted molar refractivity (Wildman–Crippen MR) is 85.2 cm³/mol. The molecule has 1 aromatic rings. The first-order valence-corrected chi connectivity index (χ1v) is 7.63. The second-order valence-corrected chi connectivity index (χ2v) is 5.57. The lowest BCUT2D eigenvalue weighted by Gasteiger charge is -2.29. The molecule has 0 unspecified atom stereocenters. The average molecular weight is 304 g/mol. The molecular weight excluding hydrogens is 280 g/mol. The summed E-state index contributed by atoms with van der Waals surface area (Å²) < 4.78 is 0. The van der Waals surface area contributed by atoms with Crippen LogP contribution in [-0.2, 0) is 16.1 Å². The fourth-order valence-electron chi connectivity index (χ4n) is 2.40. The van der Waals surface area contributed by atoms with E-state index in [0.717, 1.165) is 31.7 Å². The van der Waals surface area contributed by atoms with Gasteiger partial charge in [0.05, 0.1) is 13.1 Å². The van der Waals surface area contributed by atoms with Crippen LogP contribution in [0.1, 0.15) is 5.56 Å². The number of amides is 2. The van der Waals surface area contributed by atoms with E-state index in [4.69, 9.17) is 0 Å². The Labute approximate surface area is 131 Å². The van der Waals surface area contributed by atoms with E-state index in [1.807, 2.05) is 35.2 Å². The highest BCUT2D eigenvalue weighted by Gasteiger charge is 2.18. The highest BCUT2D eigenvalue weighted by Crippen LogP contribution is 1.98. The molecule has 1 heterocycles. The van der Waals surface area contributed by atoms with Gasteiger partial charge in [0.2, 0.25) is 11.8 Å². The van der Waals surface area contributed by atoms with E-state index in [2.05, 4.69) is 10.6 Å². The maximum absolute atomic E-state index is 12.1. The van der Waals surface area contributed by atoms with Gasteiger partial charge >= 0.3 is 0 Å². The fraction of sp³-hybridized carbons (Fsp3) is 0.500. The molecule has 22 heavy (non-hydrogen) atoms. The van der Waals surface area contributed by atoms with Gasteiger partial charge in [0.15, 0.2) is 0 Å². The molecule has 2 amide bonds. The minimum Gasteiger partial charge on any atom is -0.351 e. The maximum Gasteiger partial charge on any atom is 0.236 e. The number of benzene rings is 1. The second kappa shape index (κ2) is 8.51. The quantitative estimate of drug-likeness (QED) is 0.755. The van der Waals surface area contributed by atoms with Crippen molar-refractivity contribution in [2.45, 2.75) is 6.54 Å². The number of carbonyl (C=O) groups is 2. The Morgan fingerprint density at radius 1 is 1.18 bits per heavy atom. The number of carbonyl (C=O) groups excluding carboxylic acids is 2. The van der Waals surface area contributed by atoms with E-state index in [1.165, 1.54) is 0 Å². The second-order valence-electron chi connectivity index (χ2n) is 5.57. The van der Waals surface area contributed by atoms with Crippen molar-refractivity contribution in [2.75, 3.05) is 46.3 Å². The van der Waals surface area contributed by atoms with Crippen LogP contribution in [0.25, 0.3) is 0 Å². The number of rotatable bonds is 6. The normalized spacial score (nSPS) is 14.9. The molecule has 0 radical (unpaired) electrons. The van der Waals surface area contributed by atoms with Crippen molar-refractivity contribution in [1.29, 1.82) is 0 Å². The number of nitrogens with zero attached hydrogens (tertiary/aromatic N) is 2. The molecule has 6 heteroatoms. The number of likely N-dealkylation sites (N-methyl/N-ethyl adjacent to an activating group) is 1. The van der Waals surface area contributed by atoms with Crippen molar-refractivity contribution in [3.63, 3.8) is 0 Å². The summed E-state index contributed by atoms with van der Waals surface area (Å²) in [5.41, 5.74) is 1.07. The van der Waals surface area contributed by atoms with Crippen molar-refractivity contribution in [3.8, 4) is 0 Å². The molecule has 0 spiro atoms. The summed E-state index contributed by atoms with van der Waals surface area (Å²) >= 11 is 0. The van der Waals surface area contributed by atoms with Crippen LogP contribution in [0.2, 0.25) is 0 Å². The molecule has 1 fully saturated rings. The zero-order chi connectivity index (χ0) is 15.8. The number of piperazine rings is 1. The number of nitrogens with one attached hydrogen (secondary N) is 2. The summed E-state index contributed by atoms with van der Waals surface area (Å²) in [5, 5.41) is 6.08. The third-order valence-corrected chi connectivity index (χ3v) is 3.62. The third-order valence-electron chi connectivity index (χ3n) is 3.62. The molecule has 120 valence electrons. The monoisotopic (exact) mass is 304 g/mol. The van der Waals surface area contributed by atoms with Gasteiger partial charge in [-0.05, 0) is 12.6 Å². The molecule has 0 atom stereocenters. The summed E-state index contributed by atoms with van der Waals surface area (Å²) in [6, 6.07) is 9.77. The minimum absolute atomic E-state index is 0.0699. The molecule has 0 saturated carbocycles. The van der Waals surface area contributed by atoms with Gasteiger partial charge in [-0.15, -0.1) is 0 Å². The molecule has 0 aliphatic carbocycles. The predicted octanol–water partition coefficient (Wildman–Crippen LogP) is -0.334. The molecule has 0 bridgehead atoms. The summed E-state index contributed by atoms with van der Waals surface area (Å²) in [6.07, 6.45) is 0. The third kappa shape index (κ3) is 5.46.